The Hall–Kier alpha value is -2.10. The number of aliphatic hydroxyl groups is 1. The maximum Gasteiger partial charge on any atom is 0.417 e. The van der Waals surface area contributed by atoms with Gasteiger partial charge in [-0.25, -0.2) is 4.79 Å². The molecule has 34 heavy (non-hydrogen) atoms. The van der Waals surface area contributed by atoms with Gasteiger partial charge in [-0.2, -0.15) is 13.2 Å². The molecule has 0 bridgehead atoms. The third kappa shape index (κ3) is 8.29. The van der Waals surface area contributed by atoms with E-state index in [1.807, 2.05) is 33.8 Å². The molecule has 10 heteroatoms. The van der Waals surface area contributed by atoms with Crippen LogP contribution in [0, 0.1) is 0 Å². The van der Waals surface area contributed by atoms with E-state index < -0.39 is 17.8 Å². The van der Waals surface area contributed by atoms with Crippen LogP contribution in [-0.4, -0.2) is 40.7 Å². The van der Waals surface area contributed by atoms with E-state index in [0.717, 1.165) is 17.2 Å². The Balaban J connectivity index is 0.00000137. The molecule has 5 nitrogen and oxygen atoms in total. The highest BCUT2D eigenvalue weighted by molar-refractivity contribution is 9.10. The topological polar surface area (TPSA) is 65.5 Å². The van der Waals surface area contributed by atoms with E-state index >= 15 is 0 Å². The molecule has 1 aromatic heterocycles. The number of hydrogen-bond acceptors (Lipinski definition) is 3. The number of nitrogens with zero attached hydrogens (tertiary/aromatic N) is 2. The van der Waals surface area contributed by atoms with E-state index in [1.165, 1.54) is 17.0 Å². The van der Waals surface area contributed by atoms with Gasteiger partial charge in [0, 0.05) is 36.1 Å². The number of pyridine rings is 1. The summed E-state index contributed by atoms with van der Waals surface area (Å²) in [6.45, 7) is 8.66. The van der Waals surface area contributed by atoms with Crippen molar-refractivity contribution >= 4 is 44.8 Å². The predicted molar refractivity (Wildman–Crippen MR) is 135 cm³/mol. The summed E-state index contributed by atoms with van der Waals surface area (Å²) < 4.78 is 39.0. The van der Waals surface area contributed by atoms with Crippen LogP contribution >= 0.6 is 27.5 Å². The molecule has 0 aliphatic carbocycles. The molecule has 0 radical (unpaired) electrons. The molecule has 0 spiro atoms. The van der Waals surface area contributed by atoms with Gasteiger partial charge in [-0.15, -0.1) is 0 Å². The van der Waals surface area contributed by atoms with E-state index in [4.69, 9.17) is 16.7 Å². The summed E-state index contributed by atoms with van der Waals surface area (Å²) in [6, 6.07) is 4.82. The number of carbonyl (C=O) groups is 1. The number of amides is 2. The Kier molecular flexibility index (Phi) is 12.6. The van der Waals surface area contributed by atoms with Gasteiger partial charge in [0.05, 0.1) is 16.3 Å². The molecule has 2 aromatic rings. The highest BCUT2D eigenvalue weighted by Gasteiger charge is 2.33. The fourth-order valence-corrected chi connectivity index (χ4v) is 3.85. The van der Waals surface area contributed by atoms with E-state index in [0.29, 0.717) is 30.1 Å². The molecule has 3 rings (SSSR count). The molecular formula is C24H30BrClF3N3O2. The van der Waals surface area contributed by atoms with Crippen LogP contribution in [0.2, 0.25) is 5.02 Å². The predicted octanol–water partition coefficient (Wildman–Crippen LogP) is 7.42. The summed E-state index contributed by atoms with van der Waals surface area (Å²) in [4.78, 5) is 18.3. The lowest BCUT2D eigenvalue weighted by Crippen LogP contribution is -2.38. The maximum absolute atomic E-state index is 13.0. The first-order chi connectivity index (χ1) is 16.2. The Bertz CT molecular complexity index is 984. The zero-order chi connectivity index (χ0) is 25.9. The second-order valence-corrected chi connectivity index (χ2v) is 7.96. The number of nitrogens with one attached hydrogen (secondary N) is 1. The van der Waals surface area contributed by atoms with Crippen LogP contribution in [0.1, 0.15) is 50.9 Å². The molecule has 0 saturated carbocycles. The van der Waals surface area contributed by atoms with Crippen molar-refractivity contribution in [2.45, 2.75) is 46.7 Å². The van der Waals surface area contributed by atoms with Gasteiger partial charge in [-0.1, -0.05) is 61.3 Å². The van der Waals surface area contributed by atoms with Crippen LogP contribution in [0.4, 0.5) is 23.7 Å². The number of aliphatic hydroxyl groups excluding tert-OH is 1. The molecule has 0 fully saturated rings. The summed E-state index contributed by atoms with van der Waals surface area (Å²) in [6.07, 6.45) is -0.0735. The lowest BCUT2D eigenvalue weighted by molar-refractivity contribution is -0.138. The largest absolute Gasteiger partial charge is 0.417 e. The Morgan fingerprint density at radius 3 is 2.44 bits per heavy atom. The number of benzene rings is 1. The van der Waals surface area contributed by atoms with Gasteiger partial charge in [0.25, 0.3) is 0 Å². The number of alkyl halides is 3. The first kappa shape index (κ1) is 29.9. The molecule has 2 heterocycles. The molecule has 0 unspecified atom stereocenters. The second-order valence-electron chi connectivity index (χ2n) is 6.70. The van der Waals surface area contributed by atoms with Crippen molar-refractivity contribution in [3.8, 4) is 0 Å². The first-order valence-corrected chi connectivity index (χ1v) is 12.2. The molecule has 0 atom stereocenters. The molecular weight excluding hydrogens is 535 g/mol. The van der Waals surface area contributed by atoms with Crippen molar-refractivity contribution in [3.05, 3.63) is 62.9 Å². The second kappa shape index (κ2) is 14.3. The fourth-order valence-electron chi connectivity index (χ4n) is 3.07. The van der Waals surface area contributed by atoms with Gasteiger partial charge >= 0.3 is 12.2 Å². The maximum atomic E-state index is 13.0. The van der Waals surface area contributed by atoms with Gasteiger partial charge in [0.2, 0.25) is 0 Å². The van der Waals surface area contributed by atoms with E-state index in [2.05, 4.69) is 26.2 Å². The third-order valence-corrected chi connectivity index (χ3v) is 5.60. The van der Waals surface area contributed by atoms with E-state index in [1.54, 1.807) is 12.3 Å². The quantitative estimate of drug-likeness (QED) is 0.406. The zero-order valence-corrected chi connectivity index (χ0v) is 22.0. The fraction of sp³-hybridized carbons (Fsp3) is 0.417. The number of anilines is 1. The molecule has 2 amide bonds. The normalized spacial score (nSPS) is 13.1. The molecule has 1 aliphatic heterocycles. The van der Waals surface area contributed by atoms with Crippen LogP contribution in [0.15, 0.2) is 41.0 Å². The van der Waals surface area contributed by atoms with Crippen molar-refractivity contribution in [1.82, 2.24) is 9.88 Å². The molecule has 2 N–H and O–H groups in total. The minimum Gasteiger partial charge on any atom is -0.396 e. The molecule has 188 valence electrons. The Morgan fingerprint density at radius 1 is 1.24 bits per heavy atom. The number of carbonyl (C=O) groups excluding carboxylic acids is 1. The van der Waals surface area contributed by atoms with Gasteiger partial charge in [-0.3, -0.25) is 4.98 Å². The summed E-state index contributed by atoms with van der Waals surface area (Å²) in [7, 11) is 0. The van der Waals surface area contributed by atoms with Crippen molar-refractivity contribution < 1.29 is 23.1 Å². The Labute approximate surface area is 212 Å². The van der Waals surface area contributed by atoms with Crippen LogP contribution in [0.3, 0.4) is 0 Å². The lowest BCUT2D eigenvalue weighted by Gasteiger charge is -2.27. The van der Waals surface area contributed by atoms with Crippen molar-refractivity contribution in [3.63, 3.8) is 0 Å². The average Bonchev–Trinajstić information content (AvgIpc) is 2.83. The van der Waals surface area contributed by atoms with Crippen LogP contribution < -0.4 is 5.32 Å². The summed E-state index contributed by atoms with van der Waals surface area (Å²) >= 11 is 9.17. The first-order valence-electron chi connectivity index (χ1n) is 11.1. The van der Waals surface area contributed by atoms with Gasteiger partial charge in [0.15, 0.2) is 0 Å². The number of urea groups is 1. The van der Waals surface area contributed by atoms with E-state index in [-0.39, 0.29) is 23.3 Å². The summed E-state index contributed by atoms with van der Waals surface area (Å²) in [5.74, 6) is 0. The minimum atomic E-state index is -4.53. The van der Waals surface area contributed by atoms with Crippen molar-refractivity contribution in [2.75, 3.05) is 25.0 Å². The number of hydrogen-bond donors (Lipinski definition) is 2. The van der Waals surface area contributed by atoms with Gasteiger partial charge in [-0.05, 0) is 48.2 Å². The lowest BCUT2D eigenvalue weighted by atomic mass is 10.0. The Morgan fingerprint density at radius 2 is 1.91 bits per heavy atom. The highest BCUT2D eigenvalue weighted by atomic mass is 79.9. The standard InChI is InChI=1S/C20H18BrClF3N3O2.2C2H6/c21-16-2-1-14(10-15(16)20(23,24)25)27-19(30)28-6-3-13(4-7-28)18-17(22)9-12(5-8-29)11-26-18;2*1-2/h1-3,9-11,29H,4-8H2,(H,27,30);2*1-2H3. The van der Waals surface area contributed by atoms with Crippen LogP contribution in [0.5, 0.6) is 0 Å². The molecule has 0 saturated heterocycles. The van der Waals surface area contributed by atoms with Crippen LogP contribution in [0.25, 0.3) is 5.57 Å². The molecule has 1 aliphatic rings. The minimum absolute atomic E-state index is 0.00690. The third-order valence-electron chi connectivity index (χ3n) is 4.62. The van der Waals surface area contributed by atoms with Gasteiger partial charge < -0.3 is 15.3 Å². The smallest absolute Gasteiger partial charge is 0.396 e. The van der Waals surface area contributed by atoms with Gasteiger partial charge in [0.1, 0.15) is 0 Å². The summed E-state index contributed by atoms with van der Waals surface area (Å²) in [5, 5.41) is 12.0. The zero-order valence-electron chi connectivity index (χ0n) is 19.6. The van der Waals surface area contributed by atoms with Crippen molar-refractivity contribution in [1.29, 1.82) is 0 Å². The van der Waals surface area contributed by atoms with E-state index in [9.17, 15) is 18.0 Å². The van der Waals surface area contributed by atoms with Crippen molar-refractivity contribution in [2.24, 2.45) is 0 Å². The summed E-state index contributed by atoms with van der Waals surface area (Å²) in [5.41, 5.74) is 1.56. The molecule has 1 aromatic carbocycles. The number of halogens is 5. The number of rotatable bonds is 4. The average molecular weight is 565 g/mol. The SMILES string of the molecule is CC.CC.O=C(Nc1ccc(Br)c(C(F)(F)F)c1)N1CC=C(c2ncc(CCO)cc2Cl)CC1. The number of aromatic nitrogens is 1. The highest BCUT2D eigenvalue weighted by Crippen LogP contribution is 2.36. The monoisotopic (exact) mass is 563 g/mol. The van der Waals surface area contributed by atoms with Crippen LogP contribution in [-0.2, 0) is 12.6 Å².